The Hall–Kier alpha value is -1.95. The van der Waals surface area contributed by atoms with Gasteiger partial charge in [0, 0.05) is 62.2 Å². The molecular formula is C18H20ClN5. The largest absolute Gasteiger partial charge is 0.337 e. The number of benzene rings is 1. The summed E-state index contributed by atoms with van der Waals surface area (Å²) in [6.07, 6.45) is 5.69. The van der Waals surface area contributed by atoms with Gasteiger partial charge in [0.05, 0.1) is 11.6 Å². The molecule has 124 valence electrons. The van der Waals surface area contributed by atoms with Crippen LogP contribution < -0.4 is 5.32 Å². The smallest absolute Gasteiger partial charge is 0.127 e. The van der Waals surface area contributed by atoms with Crippen LogP contribution in [0.15, 0.2) is 42.9 Å². The number of piperazine rings is 1. The van der Waals surface area contributed by atoms with Crippen molar-refractivity contribution in [2.24, 2.45) is 7.05 Å². The number of aromatic nitrogens is 3. The average Bonchev–Trinajstić information content (AvgIpc) is 3.04. The maximum absolute atomic E-state index is 6.33. The van der Waals surface area contributed by atoms with Gasteiger partial charge in [-0.3, -0.25) is 9.88 Å². The number of halogens is 1. The number of nitrogens with zero attached hydrogens (tertiary/aromatic N) is 4. The highest BCUT2D eigenvalue weighted by atomic mass is 35.5. The summed E-state index contributed by atoms with van der Waals surface area (Å²) >= 11 is 6.33. The summed E-state index contributed by atoms with van der Waals surface area (Å²) in [7, 11) is 2.05. The molecule has 1 saturated heterocycles. The minimum absolute atomic E-state index is 0.258. The second-order valence-corrected chi connectivity index (χ2v) is 6.60. The Balaban J connectivity index is 1.69. The third kappa shape index (κ3) is 2.79. The van der Waals surface area contributed by atoms with Crippen LogP contribution in [0.2, 0.25) is 5.02 Å². The Morgan fingerprint density at radius 3 is 3.00 bits per heavy atom. The summed E-state index contributed by atoms with van der Waals surface area (Å²) in [5.41, 5.74) is 2.19. The minimum Gasteiger partial charge on any atom is -0.337 e. The van der Waals surface area contributed by atoms with Gasteiger partial charge in [0.15, 0.2) is 0 Å². The van der Waals surface area contributed by atoms with Crippen LogP contribution in [0.25, 0.3) is 10.9 Å². The highest BCUT2D eigenvalue weighted by Crippen LogP contribution is 2.28. The predicted molar refractivity (Wildman–Crippen MR) is 96.0 cm³/mol. The molecule has 1 aliphatic heterocycles. The summed E-state index contributed by atoms with van der Waals surface area (Å²) in [6.45, 7) is 3.71. The summed E-state index contributed by atoms with van der Waals surface area (Å²) < 4.78 is 2.10. The lowest BCUT2D eigenvalue weighted by Gasteiger charge is -2.35. The molecule has 0 spiro atoms. The van der Waals surface area contributed by atoms with Crippen molar-refractivity contribution in [3.63, 3.8) is 0 Å². The molecule has 1 fully saturated rings. The predicted octanol–water partition coefficient (Wildman–Crippen LogP) is 2.77. The zero-order chi connectivity index (χ0) is 16.5. The van der Waals surface area contributed by atoms with E-state index in [4.69, 9.17) is 11.6 Å². The molecule has 24 heavy (non-hydrogen) atoms. The summed E-state index contributed by atoms with van der Waals surface area (Å²) in [5.74, 6) is 1.09. The first kappa shape index (κ1) is 15.6. The van der Waals surface area contributed by atoms with Gasteiger partial charge in [0.1, 0.15) is 5.82 Å². The van der Waals surface area contributed by atoms with Crippen molar-refractivity contribution in [2.45, 2.75) is 12.6 Å². The van der Waals surface area contributed by atoms with Crippen molar-refractivity contribution in [3.05, 3.63) is 59.3 Å². The van der Waals surface area contributed by atoms with Crippen LogP contribution >= 0.6 is 11.6 Å². The van der Waals surface area contributed by atoms with Crippen LogP contribution in [-0.2, 0) is 13.6 Å². The number of hydrogen-bond donors (Lipinski definition) is 1. The van der Waals surface area contributed by atoms with Gasteiger partial charge in [0.2, 0.25) is 0 Å². The van der Waals surface area contributed by atoms with Crippen molar-refractivity contribution < 1.29 is 0 Å². The standard InChI is InChI=1S/C18H20ClN5/c1-23-9-8-22-18(23)16-11-20-7-10-24(16)12-13-4-5-15(19)14-3-2-6-21-17(13)14/h2-6,8-9,16,20H,7,10-12H2,1H3. The number of pyridine rings is 1. The van der Waals surface area contributed by atoms with E-state index in [1.165, 1.54) is 5.56 Å². The van der Waals surface area contributed by atoms with Crippen LogP contribution in [0, 0.1) is 0 Å². The van der Waals surface area contributed by atoms with Gasteiger partial charge in [-0.15, -0.1) is 0 Å². The van der Waals surface area contributed by atoms with E-state index in [2.05, 4.69) is 30.8 Å². The van der Waals surface area contributed by atoms with Gasteiger partial charge in [-0.25, -0.2) is 4.98 Å². The lowest BCUT2D eigenvalue weighted by atomic mass is 10.1. The van der Waals surface area contributed by atoms with E-state index in [-0.39, 0.29) is 6.04 Å². The number of hydrogen-bond acceptors (Lipinski definition) is 4. The molecule has 1 atom stereocenters. The zero-order valence-electron chi connectivity index (χ0n) is 13.6. The summed E-state index contributed by atoms with van der Waals surface area (Å²) in [4.78, 5) is 11.6. The fourth-order valence-corrected chi connectivity index (χ4v) is 3.65. The number of imidazole rings is 1. The molecule has 1 aliphatic rings. The Labute approximate surface area is 146 Å². The van der Waals surface area contributed by atoms with Crippen molar-refractivity contribution in [3.8, 4) is 0 Å². The van der Waals surface area contributed by atoms with Crippen molar-refractivity contribution in [1.82, 2.24) is 24.8 Å². The van der Waals surface area contributed by atoms with E-state index < -0.39 is 0 Å². The van der Waals surface area contributed by atoms with Crippen LogP contribution in [0.3, 0.4) is 0 Å². The van der Waals surface area contributed by atoms with E-state index in [1.807, 2.05) is 43.8 Å². The molecule has 0 saturated carbocycles. The number of aryl methyl sites for hydroxylation is 1. The normalized spacial score (nSPS) is 19.0. The molecule has 1 N–H and O–H groups in total. The fourth-order valence-electron chi connectivity index (χ4n) is 3.43. The fraction of sp³-hybridized carbons (Fsp3) is 0.333. The lowest BCUT2D eigenvalue weighted by molar-refractivity contribution is 0.145. The van der Waals surface area contributed by atoms with Crippen LogP contribution in [0.4, 0.5) is 0 Å². The van der Waals surface area contributed by atoms with E-state index in [9.17, 15) is 0 Å². The molecule has 6 heteroatoms. The summed E-state index contributed by atoms with van der Waals surface area (Å²) in [6, 6.07) is 8.28. The Kier molecular flexibility index (Phi) is 4.22. The van der Waals surface area contributed by atoms with Gasteiger partial charge < -0.3 is 9.88 Å². The van der Waals surface area contributed by atoms with Crippen LogP contribution in [-0.4, -0.2) is 39.1 Å². The Morgan fingerprint density at radius 2 is 2.17 bits per heavy atom. The molecular weight excluding hydrogens is 322 g/mol. The van der Waals surface area contributed by atoms with Gasteiger partial charge in [-0.2, -0.15) is 0 Å². The van der Waals surface area contributed by atoms with Crippen LogP contribution in [0.1, 0.15) is 17.4 Å². The van der Waals surface area contributed by atoms with Gasteiger partial charge in [0.25, 0.3) is 0 Å². The second kappa shape index (κ2) is 6.51. The second-order valence-electron chi connectivity index (χ2n) is 6.19. The average molecular weight is 342 g/mol. The van der Waals surface area contributed by atoms with Gasteiger partial charge >= 0.3 is 0 Å². The van der Waals surface area contributed by atoms with Crippen molar-refractivity contribution in [1.29, 1.82) is 0 Å². The first-order valence-electron chi connectivity index (χ1n) is 8.18. The minimum atomic E-state index is 0.258. The van der Waals surface area contributed by atoms with Crippen molar-refractivity contribution in [2.75, 3.05) is 19.6 Å². The highest BCUT2D eigenvalue weighted by molar-refractivity contribution is 6.35. The number of nitrogens with one attached hydrogen (secondary N) is 1. The SMILES string of the molecule is Cn1ccnc1C1CNCCN1Cc1ccc(Cl)c2cccnc12. The van der Waals surface area contributed by atoms with Gasteiger partial charge in [-0.05, 0) is 23.8 Å². The topological polar surface area (TPSA) is 46.0 Å². The van der Waals surface area contributed by atoms with Crippen LogP contribution in [0.5, 0.6) is 0 Å². The molecule has 1 unspecified atom stereocenters. The molecule has 0 aliphatic carbocycles. The zero-order valence-corrected chi connectivity index (χ0v) is 14.4. The van der Waals surface area contributed by atoms with E-state index in [1.54, 1.807) is 0 Å². The van der Waals surface area contributed by atoms with E-state index in [0.717, 1.165) is 47.9 Å². The first-order valence-corrected chi connectivity index (χ1v) is 8.56. The Bertz CT molecular complexity index is 859. The molecule has 2 aromatic heterocycles. The molecule has 4 rings (SSSR count). The monoisotopic (exact) mass is 341 g/mol. The summed E-state index contributed by atoms with van der Waals surface area (Å²) in [5, 5.41) is 5.25. The molecule has 0 bridgehead atoms. The molecule has 1 aromatic carbocycles. The molecule has 3 heterocycles. The molecule has 0 amide bonds. The van der Waals surface area contributed by atoms with Crippen molar-refractivity contribution >= 4 is 22.5 Å². The lowest BCUT2D eigenvalue weighted by Crippen LogP contribution is -2.46. The van der Waals surface area contributed by atoms with E-state index >= 15 is 0 Å². The quantitative estimate of drug-likeness (QED) is 0.795. The first-order chi connectivity index (χ1) is 11.7. The molecule has 3 aromatic rings. The number of rotatable bonds is 3. The number of fused-ring (bicyclic) bond motifs is 1. The maximum Gasteiger partial charge on any atom is 0.127 e. The van der Waals surface area contributed by atoms with E-state index in [0.29, 0.717) is 0 Å². The third-order valence-electron chi connectivity index (χ3n) is 4.68. The Morgan fingerprint density at radius 1 is 1.25 bits per heavy atom. The highest BCUT2D eigenvalue weighted by Gasteiger charge is 2.27. The third-order valence-corrected chi connectivity index (χ3v) is 5.01. The molecule has 0 radical (unpaired) electrons. The van der Waals surface area contributed by atoms with Gasteiger partial charge in [-0.1, -0.05) is 17.7 Å². The molecule has 5 nitrogen and oxygen atoms in total. The maximum atomic E-state index is 6.33.